The number of guanidine groups is 1. The molecule has 3 heterocycles. The molecule has 2 aromatic rings. The lowest BCUT2D eigenvalue weighted by molar-refractivity contribution is -0.554. The Labute approximate surface area is 176 Å². The number of nitrogens with zero attached hydrogens (tertiary/aromatic N) is 3. The lowest BCUT2D eigenvalue weighted by Gasteiger charge is -2.12. The Morgan fingerprint density at radius 1 is 1.37 bits per heavy atom. The largest absolute Gasteiger partial charge is 0.384 e. The first-order valence-corrected chi connectivity index (χ1v) is 10.6. The van der Waals surface area contributed by atoms with Gasteiger partial charge in [-0.25, -0.2) is 9.78 Å². The maximum Gasteiger partial charge on any atom is 0.359 e. The first-order valence-electron chi connectivity index (χ1n) is 10.6. The van der Waals surface area contributed by atoms with E-state index in [1.54, 1.807) is 4.57 Å². The van der Waals surface area contributed by atoms with Gasteiger partial charge in [0.2, 0.25) is 0 Å². The molecule has 0 radical (unpaired) electrons. The second kappa shape index (κ2) is 8.30. The van der Waals surface area contributed by atoms with E-state index in [-0.39, 0.29) is 29.7 Å². The molecule has 0 fully saturated rings. The van der Waals surface area contributed by atoms with E-state index in [9.17, 15) is 4.79 Å². The minimum Gasteiger partial charge on any atom is -0.384 e. The average Bonchev–Trinajstić information content (AvgIpc) is 3.32. The summed E-state index contributed by atoms with van der Waals surface area (Å²) in [4.78, 5) is 22.3. The van der Waals surface area contributed by atoms with Gasteiger partial charge < -0.3 is 16.8 Å². The molecule has 0 saturated carbocycles. The number of nitrogens with two attached hydrogens (primary N) is 2. The highest BCUT2D eigenvalue weighted by molar-refractivity contribution is 5.82. The van der Waals surface area contributed by atoms with Crippen molar-refractivity contribution in [2.75, 3.05) is 23.7 Å². The van der Waals surface area contributed by atoms with Gasteiger partial charge in [-0.05, 0) is 30.9 Å². The Balaban J connectivity index is 1.70. The van der Waals surface area contributed by atoms with E-state index < -0.39 is 0 Å². The van der Waals surface area contributed by atoms with E-state index >= 15 is 0 Å². The highest BCUT2D eigenvalue weighted by Gasteiger charge is 2.44. The topological polar surface area (TPSA) is 122 Å². The molecular formula is C22H30N7O+. The third-order valence-corrected chi connectivity index (χ3v) is 6.10. The van der Waals surface area contributed by atoms with Crippen LogP contribution in [-0.4, -0.2) is 36.0 Å². The number of para-hydroxylation sites is 1. The van der Waals surface area contributed by atoms with Crippen LogP contribution in [0.4, 0.5) is 11.5 Å². The molecule has 2 unspecified atom stereocenters. The van der Waals surface area contributed by atoms with Crippen LogP contribution in [0.1, 0.15) is 54.4 Å². The molecule has 1 aromatic heterocycles. The van der Waals surface area contributed by atoms with Gasteiger partial charge >= 0.3 is 11.7 Å². The Bertz CT molecular complexity index is 983. The first kappa shape index (κ1) is 20.1. The Kier molecular flexibility index (Phi) is 5.57. The second-order valence-electron chi connectivity index (χ2n) is 8.11. The fraction of sp³-hybridized carbons (Fsp3) is 0.455. The van der Waals surface area contributed by atoms with Gasteiger partial charge in [-0.15, -0.1) is 0 Å². The highest BCUT2D eigenvalue weighted by atomic mass is 16.2. The normalized spacial score (nSPS) is 20.1. The van der Waals surface area contributed by atoms with Gasteiger partial charge in [-0.2, -0.15) is 4.57 Å². The molecule has 6 N–H and O–H groups in total. The Morgan fingerprint density at radius 3 is 2.93 bits per heavy atom. The molecule has 30 heavy (non-hydrogen) atoms. The number of aliphatic imine (C=N–C) groups is 1. The van der Waals surface area contributed by atoms with Gasteiger partial charge in [-0.1, -0.05) is 32.0 Å². The minimum absolute atomic E-state index is 0.0905. The number of carbonyl (C=O) groups excluding carboxylic acids is 1. The van der Waals surface area contributed by atoms with Crippen molar-refractivity contribution in [1.82, 2.24) is 4.98 Å². The van der Waals surface area contributed by atoms with Crippen LogP contribution in [0, 0.1) is 5.92 Å². The number of carbonyl (C=O) groups is 1. The van der Waals surface area contributed by atoms with E-state index in [2.05, 4.69) is 41.6 Å². The predicted molar refractivity (Wildman–Crippen MR) is 118 cm³/mol. The summed E-state index contributed by atoms with van der Waals surface area (Å²) in [5, 5.41) is 6.89. The summed E-state index contributed by atoms with van der Waals surface area (Å²) in [6, 6.07) is 8.05. The number of aromatic nitrogens is 2. The molecule has 0 spiro atoms. The van der Waals surface area contributed by atoms with Gasteiger partial charge in [0.1, 0.15) is 11.9 Å². The molecule has 0 bridgehead atoms. The van der Waals surface area contributed by atoms with E-state index in [1.165, 1.54) is 5.56 Å². The van der Waals surface area contributed by atoms with Crippen LogP contribution in [0.25, 0.3) is 0 Å². The molecule has 158 valence electrons. The Hall–Kier alpha value is -3.16. The summed E-state index contributed by atoms with van der Waals surface area (Å²) in [5.74, 6) is 1.34. The van der Waals surface area contributed by atoms with Crippen molar-refractivity contribution in [2.45, 2.75) is 45.1 Å². The number of aryl methyl sites for hydroxylation is 1. The van der Waals surface area contributed by atoms with E-state index in [0.29, 0.717) is 13.0 Å². The molecular weight excluding hydrogens is 378 g/mol. The van der Waals surface area contributed by atoms with Crippen LogP contribution >= 0.6 is 0 Å². The van der Waals surface area contributed by atoms with E-state index in [0.717, 1.165) is 42.3 Å². The van der Waals surface area contributed by atoms with Crippen molar-refractivity contribution in [3.63, 3.8) is 0 Å². The van der Waals surface area contributed by atoms with Gasteiger partial charge in [0.05, 0.1) is 5.69 Å². The monoisotopic (exact) mass is 408 g/mol. The molecule has 0 aliphatic carbocycles. The Morgan fingerprint density at radius 2 is 2.17 bits per heavy atom. The number of hydrogen-bond donors (Lipinski definition) is 4. The van der Waals surface area contributed by atoms with Crippen molar-refractivity contribution in [2.24, 2.45) is 22.4 Å². The molecule has 8 nitrogen and oxygen atoms in total. The number of benzene rings is 1. The number of nitrogens with one attached hydrogen (secondary N) is 2. The lowest BCUT2D eigenvalue weighted by atomic mass is 9.98. The fourth-order valence-electron chi connectivity index (χ4n) is 4.22. The predicted octanol–water partition coefficient (Wildman–Crippen LogP) is 1.61. The van der Waals surface area contributed by atoms with Crippen LogP contribution < -0.4 is 26.7 Å². The van der Waals surface area contributed by atoms with Crippen LogP contribution in [0.5, 0.6) is 0 Å². The van der Waals surface area contributed by atoms with Crippen LogP contribution in [0.15, 0.2) is 35.5 Å². The van der Waals surface area contributed by atoms with Gasteiger partial charge in [-0.3, -0.25) is 10.3 Å². The zero-order valence-electron chi connectivity index (χ0n) is 17.6. The average molecular weight is 409 g/mol. The van der Waals surface area contributed by atoms with Crippen LogP contribution in [0.3, 0.4) is 0 Å². The molecule has 4 rings (SSSR count). The summed E-state index contributed by atoms with van der Waals surface area (Å²) in [5.41, 5.74) is 15.0. The van der Waals surface area contributed by atoms with Crippen molar-refractivity contribution < 1.29 is 9.36 Å². The SMILES string of the molecule is CC[C@H](C)C1Nc2c(CCCN=C(N)N)nc(C3CNc4ccccc43)c[n+]2C1=O. The maximum atomic E-state index is 13.2. The fourth-order valence-corrected chi connectivity index (χ4v) is 4.22. The number of anilines is 2. The van der Waals surface area contributed by atoms with E-state index in [4.69, 9.17) is 16.5 Å². The molecule has 1 aromatic carbocycles. The number of fused-ring (bicyclic) bond motifs is 2. The summed E-state index contributed by atoms with van der Waals surface area (Å²) >= 11 is 0. The summed E-state index contributed by atoms with van der Waals surface area (Å²) in [7, 11) is 0. The van der Waals surface area contributed by atoms with Crippen molar-refractivity contribution in [1.29, 1.82) is 0 Å². The summed E-state index contributed by atoms with van der Waals surface area (Å²) in [6.07, 6.45) is 4.29. The lowest BCUT2D eigenvalue weighted by Crippen LogP contribution is -2.45. The van der Waals surface area contributed by atoms with Gasteiger partial charge in [0, 0.05) is 30.6 Å². The highest BCUT2D eigenvalue weighted by Crippen LogP contribution is 2.35. The molecule has 8 heteroatoms. The van der Waals surface area contributed by atoms with Crippen LogP contribution in [0.2, 0.25) is 0 Å². The quantitative estimate of drug-likeness (QED) is 0.239. The zero-order chi connectivity index (χ0) is 21.3. The summed E-state index contributed by atoms with van der Waals surface area (Å²) < 4.78 is 1.77. The van der Waals surface area contributed by atoms with Crippen molar-refractivity contribution >= 4 is 23.4 Å². The first-order chi connectivity index (χ1) is 14.5. The molecule has 0 saturated heterocycles. The van der Waals surface area contributed by atoms with Crippen LogP contribution in [-0.2, 0) is 6.42 Å². The maximum absolute atomic E-state index is 13.2. The molecule has 2 aliphatic rings. The second-order valence-corrected chi connectivity index (χ2v) is 8.11. The number of hydrogen-bond acceptors (Lipinski definition) is 5. The van der Waals surface area contributed by atoms with Gasteiger partial charge in [0.25, 0.3) is 0 Å². The number of rotatable bonds is 7. The third-order valence-electron chi connectivity index (χ3n) is 6.10. The summed E-state index contributed by atoms with van der Waals surface area (Å²) in [6.45, 7) is 5.51. The minimum atomic E-state index is -0.225. The third kappa shape index (κ3) is 3.69. The smallest absolute Gasteiger partial charge is 0.359 e. The standard InChI is InChI=1S/C22H29N7O/c1-3-13(2)19-21(30)29-12-18(15-11-26-16-8-5-4-7-14(15)16)27-17(20(29)28-19)9-6-10-25-22(23)24/h4-5,7-8,12-13,15,19,26H,3,6,9-11H2,1-2H3,(H4,23,24,25)/p+1/t13-,15?,19?/m0/s1. The molecule has 0 amide bonds. The molecule has 2 aliphatic heterocycles. The van der Waals surface area contributed by atoms with E-state index in [1.807, 2.05) is 18.3 Å². The van der Waals surface area contributed by atoms with Crippen molar-refractivity contribution in [3.05, 3.63) is 47.4 Å². The van der Waals surface area contributed by atoms with Crippen molar-refractivity contribution in [3.8, 4) is 0 Å². The zero-order valence-corrected chi connectivity index (χ0v) is 17.6. The van der Waals surface area contributed by atoms with Gasteiger partial charge in [0.15, 0.2) is 12.0 Å². The molecule has 3 atom stereocenters.